The van der Waals surface area contributed by atoms with Crippen molar-refractivity contribution in [3.05, 3.63) is 89.7 Å². The molecule has 0 aliphatic carbocycles. The highest BCUT2D eigenvalue weighted by Crippen LogP contribution is 2.37. The van der Waals surface area contributed by atoms with Crippen molar-refractivity contribution in [1.82, 2.24) is 0 Å². The molecule has 0 saturated carbocycles. The first-order valence-corrected chi connectivity index (χ1v) is 7.69. The summed E-state index contributed by atoms with van der Waals surface area (Å²) < 4.78 is 53.0. The van der Waals surface area contributed by atoms with Crippen LogP contribution in [0.1, 0.15) is 15.9 Å². The van der Waals surface area contributed by atoms with E-state index < -0.39 is 23.5 Å². The third-order valence-electron chi connectivity index (χ3n) is 3.80. The molecule has 6 heteroatoms. The zero-order valence-corrected chi connectivity index (χ0v) is 13.3. The average Bonchev–Trinajstić information content (AvgIpc) is 2.62. The molecule has 0 saturated heterocycles. The quantitative estimate of drug-likeness (QED) is 0.592. The van der Waals surface area contributed by atoms with Crippen LogP contribution in [0.3, 0.4) is 0 Å². The summed E-state index contributed by atoms with van der Waals surface area (Å²) in [7, 11) is 0. The minimum absolute atomic E-state index is 0.0481. The summed E-state index contributed by atoms with van der Waals surface area (Å²) in [5.41, 5.74) is -0.0811. The van der Waals surface area contributed by atoms with Gasteiger partial charge in [0.25, 0.3) is 5.91 Å². The van der Waals surface area contributed by atoms with E-state index in [4.69, 9.17) is 0 Å². The molecule has 0 aliphatic heterocycles. The maximum atomic E-state index is 13.6. The average molecular weight is 359 g/mol. The molecular weight excluding hydrogens is 346 g/mol. The zero-order chi connectivity index (χ0) is 18.7. The van der Waals surface area contributed by atoms with Crippen LogP contribution in [0.4, 0.5) is 23.2 Å². The lowest BCUT2D eigenvalue weighted by Gasteiger charge is -2.13. The maximum absolute atomic E-state index is 13.6. The van der Waals surface area contributed by atoms with E-state index in [0.29, 0.717) is 11.3 Å². The Morgan fingerprint density at radius 1 is 0.808 bits per heavy atom. The third kappa shape index (κ3) is 3.74. The van der Waals surface area contributed by atoms with Gasteiger partial charge in [-0.2, -0.15) is 13.2 Å². The van der Waals surface area contributed by atoms with Crippen LogP contribution in [-0.4, -0.2) is 5.91 Å². The second-order valence-corrected chi connectivity index (χ2v) is 5.55. The highest BCUT2D eigenvalue weighted by molar-refractivity contribution is 6.04. The fraction of sp³-hybridized carbons (Fsp3) is 0.0500. The lowest BCUT2D eigenvalue weighted by Crippen LogP contribution is -2.13. The van der Waals surface area contributed by atoms with E-state index in [1.54, 1.807) is 0 Å². The topological polar surface area (TPSA) is 29.1 Å². The first-order valence-electron chi connectivity index (χ1n) is 7.69. The van der Waals surface area contributed by atoms with E-state index >= 15 is 0 Å². The number of anilines is 1. The third-order valence-corrected chi connectivity index (χ3v) is 3.80. The van der Waals surface area contributed by atoms with Gasteiger partial charge >= 0.3 is 6.18 Å². The van der Waals surface area contributed by atoms with E-state index in [0.717, 1.165) is 6.07 Å². The Balaban J connectivity index is 1.84. The molecule has 3 aromatic rings. The van der Waals surface area contributed by atoms with Crippen LogP contribution < -0.4 is 5.32 Å². The fourth-order valence-corrected chi connectivity index (χ4v) is 2.56. The van der Waals surface area contributed by atoms with Crippen LogP contribution in [-0.2, 0) is 6.18 Å². The van der Waals surface area contributed by atoms with Gasteiger partial charge in [0.05, 0.1) is 11.1 Å². The van der Waals surface area contributed by atoms with Crippen molar-refractivity contribution in [2.75, 3.05) is 5.32 Å². The molecule has 0 heterocycles. The number of carbonyl (C=O) groups excluding carboxylic acids is 1. The van der Waals surface area contributed by atoms with Crippen LogP contribution in [0.5, 0.6) is 0 Å². The van der Waals surface area contributed by atoms with Gasteiger partial charge in [0.1, 0.15) is 5.82 Å². The van der Waals surface area contributed by atoms with Gasteiger partial charge < -0.3 is 5.32 Å². The molecule has 0 spiro atoms. The number of hydrogen-bond donors (Lipinski definition) is 1. The molecule has 2 nitrogen and oxygen atoms in total. The summed E-state index contributed by atoms with van der Waals surface area (Å²) in [6.07, 6.45) is -4.46. The SMILES string of the molecule is O=C(Nc1ccc(-c2ccccc2C(F)(F)F)cc1)c1ccccc1F. The minimum Gasteiger partial charge on any atom is -0.322 e. The number of carbonyl (C=O) groups is 1. The predicted octanol–water partition coefficient (Wildman–Crippen LogP) is 5.76. The number of alkyl halides is 3. The largest absolute Gasteiger partial charge is 0.417 e. The van der Waals surface area contributed by atoms with E-state index in [2.05, 4.69) is 5.32 Å². The smallest absolute Gasteiger partial charge is 0.322 e. The molecular formula is C20H13F4NO. The number of benzene rings is 3. The first kappa shape index (κ1) is 17.7. The lowest BCUT2D eigenvalue weighted by molar-refractivity contribution is -0.137. The van der Waals surface area contributed by atoms with E-state index in [1.165, 1.54) is 66.7 Å². The highest BCUT2D eigenvalue weighted by Gasteiger charge is 2.33. The lowest BCUT2D eigenvalue weighted by atomic mass is 9.99. The summed E-state index contributed by atoms with van der Waals surface area (Å²) in [5.74, 6) is -1.28. The van der Waals surface area contributed by atoms with Crippen LogP contribution in [0.2, 0.25) is 0 Å². The second kappa shape index (κ2) is 7.00. The molecule has 132 valence electrons. The molecule has 1 amide bonds. The number of rotatable bonds is 3. The van der Waals surface area contributed by atoms with Crippen LogP contribution >= 0.6 is 0 Å². The Labute approximate surface area is 147 Å². The van der Waals surface area contributed by atoms with Gasteiger partial charge in [-0.05, 0) is 41.5 Å². The number of hydrogen-bond acceptors (Lipinski definition) is 1. The van der Waals surface area contributed by atoms with E-state index in [9.17, 15) is 22.4 Å². The summed E-state index contributed by atoms with van der Waals surface area (Å²) in [5, 5.41) is 2.52. The monoisotopic (exact) mass is 359 g/mol. The molecule has 0 aliphatic rings. The first-order chi connectivity index (χ1) is 12.4. The summed E-state index contributed by atoms with van der Waals surface area (Å²) in [4.78, 5) is 12.1. The van der Waals surface area contributed by atoms with Crippen molar-refractivity contribution in [2.45, 2.75) is 6.18 Å². The summed E-state index contributed by atoms with van der Waals surface area (Å²) in [6.45, 7) is 0. The van der Waals surface area contributed by atoms with Crippen molar-refractivity contribution in [2.24, 2.45) is 0 Å². The van der Waals surface area contributed by atoms with Crippen LogP contribution in [0.15, 0.2) is 72.8 Å². The molecule has 1 N–H and O–H groups in total. The number of halogens is 4. The Morgan fingerprint density at radius 2 is 1.42 bits per heavy atom. The number of amides is 1. The molecule has 0 unspecified atom stereocenters. The van der Waals surface area contributed by atoms with Gasteiger partial charge in [-0.1, -0.05) is 42.5 Å². The van der Waals surface area contributed by atoms with Crippen LogP contribution in [0, 0.1) is 5.82 Å². The molecule has 0 aromatic heterocycles. The minimum atomic E-state index is -4.46. The second-order valence-electron chi connectivity index (χ2n) is 5.55. The highest BCUT2D eigenvalue weighted by atomic mass is 19.4. The van der Waals surface area contributed by atoms with Crippen LogP contribution in [0.25, 0.3) is 11.1 Å². The molecule has 0 fully saturated rings. The van der Waals surface area contributed by atoms with Crippen molar-refractivity contribution in [3.8, 4) is 11.1 Å². The summed E-state index contributed by atoms with van der Waals surface area (Å²) >= 11 is 0. The Kier molecular flexibility index (Phi) is 4.75. The van der Waals surface area contributed by atoms with Gasteiger partial charge in [-0.15, -0.1) is 0 Å². The summed E-state index contributed by atoms with van der Waals surface area (Å²) in [6, 6.07) is 16.7. The van der Waals surface area contributed by atoms with Crippen molar-refractivity contribution >= 4 is 11.6 Å². The van der Waals surface area contributed by atoms with E-state index in [-0.39, 0.29) is 11.1 Å². The van der Waals surface area contributed by atoms with Gasteiger partial charge in [0.15, 0.2) is 0 Å². The predicted molar refractivity (Wildman–Crippen MR) is 91.2 cm³/mol. The standard InChI is InChI=1S/C20H13F4NO/c21-18-8-4-2-6-16(18)19(26)25-14-11-9-13(10-12-14)15-5-1-3-7-17(15)20(22,23)24/h1-12H,(H,25,26). The van der Waals surface area contributed by atoms with E-state index in [1.807, 2.05) is 0 Å². The molecule has 26 heavy (non-hydrogen) atoms. The molecule has 3 rings (SSSR count). The molecule has 0 bridgehead atoms. The number of nitrogens with one attached hydrogen (secondary N) is 1. The molecule has 3 aromatic carbocycles. The normalized spacial score (nSPS) is 11.2. The zero-order valence-electron chi connectivity index (χ0n) is 13.3. The van der Waals surface area contributed by atoms with Crippen molar-refractivity contribution in [3.63, 3.8) is 0 Å². The van der Waals surface area contributed by atoms with Gasteiger partial charge in [0.2, 0.25) is 0 Å². The van der Waals surface area contributed by atoms with Crippen molar-refractivity contribution < 1.29 is 22.4 Å². The Bertz CT molecular complexity index is 933. The maximum Gasteiger partial charge on any atom is 0.417 e. The fourth-order valence-electron chi connectivity index (χ4n) is 2.56. The molecule has 0 radical (unpaired) electrons. The van der Waals surface area contributed by atoms with Gasteiger partial charge in [-0.25, -0.2) is 4.39 Å². The Morgan fingerprint density at radius 3 is 2.08 bits per heavy atom. The van der Waals surface area contributed by atoms with Gasteiger partial charge in [-0.3, -0.25) is 4.79 Å². The molecule has 0 atom stereocenters. The van der Waals surface area contributed by atoms with Gasteiger partial charge in [0, 0.05) is 5.69 Å². The van der Waals surface area contributed by atoms with Crippen molar-refractivity contribution in [1.29, 1.82) is 0 Å². The Hall–Kier alpha value is -3.15.